The highest BCUT2D eigenvalue weighted by Gasteiger charge is 2.15. The number of anilines is 1. The van der Waals surface area contributed by atoms with Crippen molar-refractivity contribution in [3.05, 3.63) is 28.8 Å². The lowest BCUT2D eigenvalue weighted by atomic mass is 10.2. The predicted molar refractivity (Wildman–Crippen MR) is 64.2 cm³/mol. The second-order valence-corrected chi connectivity index (χ2v) is 6.47. The Morgan fingerprint density at radius 2 is 2.00 bits per heavy atom. The Hall–Kier alpha value is -0.880. The van der Waals surface area contributed by atoms with Crippen molar-refractivity contribution in [1.82, 2.24) is 0 Å². The van der Waals surface area contributed by atoms with Crippen molar-refractivity contribution in [2.75, 3.05) is 17.3 Å². The van der Waals surface area contributed by atoms with Crippen molar-refractivity contribution in [3.8, 4) is 0 Å². The molecule has 17 heavy (non-hydrogen) atoms. The normalized spacial score (nSPS) is 13.5. The van der Waals surface area contributed by atoms with E-state index >= 15 is 0 Å². The van der Waals surface area contributed by atoms with Crippen LogP contribution in [0.1, 0.15) is 6.92 Å². The van der Waals surface area contributed by atoms with Gasteiger partial charge in [-0.2, -0.15) is 0 Å². The zero-order valence-corrected chi connectivity index (χ0v) is 10.9. The van der Waals surface area contributed by atoms with E-state index in [-0.39, 0.29) is 16.5 Å². The summed E-state index contributed by atoms with van der Waals surface area (Å²) in [5, 5.41) is 2.49. The lowest BCUT2D eigenvalue weighted by Crippen LogP contribution is -2.25. The Morgan fingerprint density at radius 3 is 2.47 bits per heavy atom. The van der Waals surface area contributed by atoms with Crippen LogP contribution in [0.3, 0.4) is 0 Å². The monoisotopic (exact) mass is 283 g/mol. The summed E-state index contributed by atoms with van der Waals surface area (Å²) in [6.07, 6.45) is 1.08. The summed E-state index contributed by atoms with van der Waals surface area (Å²) in [5.41, 5.74) is -0.0933. The number of sulfone groups is 1. The molecule has 0 amide bonds. The first-order valence-corrected chi connectivity index (χ1v) is 7.21. The van der Waals surface area contributed by atoms with Gasteiger partial charge in [-0.25, -0.2) is 17.2 Å². The topological polar surface area (TPSA) is 46.2 Å². The summed E-state index contributed by atoms with van der Waals surface area (Å²) in [4.78, 5) is 0. The van der Waals surface area contributed by atoms with Crippen molar-refractivity contribution in [2.24, 2.45) is 0 Å². The van der Waals surface area contributed by atoms with Crippen LogP contribution in [-0.2, 0) is 9.84 Å². The van der Waals surface area contributed by atoms with Gasteiger partial charge in [-0.3, -0.25) is 0 Å². The molecule has 0 radical (unpaired) electrons. The molecule has 0 aliphatic heterocycles. The number of rotatable bonds is 4. The minimum atomic E-state index is -3.18. The minimum absolute atomic E-state index is 0.0933. The van der Waals surface area contributed by atoms with E-state index in [1.54, 1.807) is 6.92 Å². The number of benzene rings is 1. The molecule has 0 aromatic heterocycles. The van der Waals surface area contributed by atoms with E-state index in [4.69, 9.17) is 11.6 Å². The van der Waals surface area contributed by atoms with Crippen molar-refractivity contribution in [3.63, 3.8) is 0 Å². The summed E-state index contributed by atoms with van der Waals surface area (Å²) in [5.74, 6) is -1.80. The van der Waals surface area contributed by atoms with Gasteiger partial charge in [-0.15, -0.1) is 0 Å². The molecular formula is C10H12ClF2NO2S. The maximum atomic E-state index is 13.4. The third kappa shape index (κ3) is 4.47. The molecule has 1 rings (SSSR count). The first-order valence-electron chi connectivity index (χ1n) is 4.78. The second-order valence-electron chi connectivity index (χ2n) is 3.88. The van der Waals surface area contributed by atoms with Gasteiger partial charge < -0.3 is 5.32 Å². The molecule has 1 aromatic rings. The van der Waals surface area contributed by atoms with E-state index in [2.05, 4.69) is 5.32 Å². The van der Waals surface area contributed by atoms with Crippen molar-refractivity contribution < 1.29 is 17.2 Å². The molecule has 0 saturated heterocycles. The number of halogens is 3. The summed E-state index contributed by atoms with van der Waals surface area (Å²) >= 11 is 5.66. The molecular weight excluding hydrogens is 272 g/mol. The SMILES string of the molecule is CC(CS(C)(=O)=O)Nc1c(F)cc(F)cc1Cl. The Labute approximate surface area is 104 Å². The largest absolute Gasteiger partial charge is 0.378 e. The van der Waals surface area contributed by atoms with E-state index < -0.39 is 27.5 Å². The Balaban J connectivity index is 2.89. The van der Waals surface area contributed by atoms with Gasteiger partial charge in [0.15, 0.2) is 5.82 Å². The average molecular weight is 284 g/mol. The van der Waals surface area contributed by atoms with Crippen LogP contribution in [0.15, 0.2) is 12.1 Å². The summed E-state index contributed by atoms with van der Waals surface area (Å²) in [6.45, 7) is 1.57. The molecule has 0 aliphatic carbocycles. The highest BCUT2D eigenvalue weighted by Crippen LogP contribution is 2.27. The Kier molecular flexibility index (Phi) is 4.32. The molecule has 7 heteroatoms. The molecule has 1 unspecified atom stereocenters. The zero-order chi connectivity index (χ0) is 13.2. The van der Waals surface area contributed by atoms with Crippen LogP contribution in [0.5, 0.6) is 0 Å². The molecule has 0 fully saturated rings. The van der Waals surface area contributed by atoms with Gasteiger partial charge in [-0.1, -0.05) is 11.6 Å². The lowest BCUT2D eigenvalue weighted by Gasteiger charge is -2.16. The molecule has 0 heterocycles. The first kappa shape index (κ1) is 14.2. The Morgan fingerprint density at radius 1 is 1.41 bits per heavy atom. The van der Waals surface area contributed by atoms with Gasteiger partial charge in [0, 0.05) is 18.4 Å². The van der Waals surface area contributed by atoms with Gasteiger partial charge in [-0.05, 0) is 13.0 Å². The van der Waals surface area contributed by atoms with Crippen LogP contribution in [0.4, 0.5) is 14.5 Å². The number of hydrogen-bond donors (Lipinski definition) is 1. The third-order valence-electron chi connectivity index (χ3n) is 1.95. The van der Waals surface area contributed by atoms with Crippen LogP contribution in [0, 0.1) is 11.6 Å². The maximum absolute atomic E-state index is 13.4. The first-order chi connectivity index (χ1) is 7.69. The molecule has 96 valence electrons. The van der Waals surface area contributed by atoms with E-state index in [1.165, 1.54) is 0 Å². The van der Waals surface area contributed by atoms with E-state index in [1.807, 2.05) is 0 Å². The van der Waals surface area contributed by atoms with E-state index in [9.17, 15) is 17.2 Å². The summed E-state index contributed by atoms with van der Waals surface area (Å²) in [7, 11) is -3.18. The van der Waals surface area contributed by atoms with Gasteiger partial charge in [0.1, 0.15) is 15.7 Å². The van der Waals surface area contributed by atoms with E-state index in [0.717, 1.165) is 12.3 Å². The Bertz CT molecular complexity index is 496. The van der Waals surface area contributed by atoms with Crippen molar-refractivity contribution in [1.29, 1.82) is 0 Å². The van der Waals surface area contributed by atoms with E-state index in [0.29, 0.717) is 6.07 Å². The standard InChI is InChI=1S/C10H12ClF2NO2S/c1-6(5-17(2,15)16)14-10-8(11)3-7(12)4-9(10)13/h3-4,6,14H,5H2,1-2H3. The molecule has 0 spiro atoms. The van der Waals surface area contributed by atoms with Crippen LogP contribution in [0.2, 0.25) is 5.02 Å². The quantitative estimate of drug-likeness (QED) is 0.923. The van der Waals surface area contributed by atoms with Crippen molar-refractivity contribution >= 4 is 27.1 Å². The fraction of sp³-hybridized carbons (Fsp3) is 0.400. The van der Waals surface area contributed by atoms with Crippen molar-refractivity contribution in [2.45, 2.75) is 13.0 Å². The second kappa shape index (κ2) is 5.18. The number of hydrogen-bond acceptors (Lipinski definition) is 3. The zero-order valence-electron chi connectivity index (χ0n) is 9.30. The van der Waals surface area contributed by atoms with Crippen LogP contribution >= 0.6 is 11.6 Å². The molecule has 0 bridgehead atoms. The average Bonchev–Trinajstić information content (AvgIpc) is 2.08. The molecule has 1 aromatic carbocycles. The minimum Gasteiger partial charge on any atom is -0.378 e. The highest BCUT2D eigenvalue weighted by atomic mass is 35.5. The highest BCUT2D eigenvalue weighted by molar-refractivity contribution is 7.90. The predicted octanol–water partition coefficient (Wildman–Crippen LogP) is 2.46. The lowest BCUT2D eigenvalue weighted by molar-refractivity contribution is 0.582. The van der Waals surface area contributed by atoms with Gasteiger partial charge in [0.2, 0.25) is 0 Å². The van der Waals surface area contributed by atoms with Crippen LogP contribution in [-0.4, -0.2) is 26.5 Å². The third-order valence-corrected chi connectivity index (χ3v) is 3.35. The van der Waals surface area contributed by atoms with Gasteiger partial charge >= 0.3 is 0 Å². The smallest absolute Gasteiger partial charge is 0.150 e. The molecule has 3 nitrogen and oxygen atoms in total. The molecule has 0 aliphatic rings. The van der Waals surface area contributed by atoms with Crippen LogP contribution < -0.4 is 5.32 Å². The summed E-state index contributed by atoms with van der Waals surface area (Å²) in [6, 6.07) is 1.11. The van der Waals surface area contributed by atoms with Gasteiger partial charge in [0.25, 0.3) is 0 Å². The fourth-order valence-electron chi connectivity index (χ4n) is 1.42. The van der Waals surface area contributed by atoms with Gasteiger partial charge in [0.05, 0.1) is 16.5 Å². The maximum Gasteiger partial charge on any atom is 0.150 e. The fourth-order valence-corrected chi connectivity index (χ4v) is 2.66. The molecule has 1 atom stereocenters. The summed E-state index contributed by atoms with van der Waals surface area (Å²) < 4.78 is 48.2. The molecule has 0 saturated carbocycles. The number of nitrogens with one attached hydrogen (secondary N) is 1. The van der Waals surface area contributed by atoms with Crippen LogP contribution in [0.25, 0.3) is 0 Å². The molecule has 1 N–H and O–H groups in total.